The molecule has 0 aliphatic rings. The summed E-state index contributed by atoms with van der Waals surface area (Å²) in [6.07, 6.45) is 5.01. The van der Waals surface area contributed by atoms with E-state index in [1.807, 2.05) is 50.2 Å². The summed E-state index contributed by atoms with van der Waals surface area (Å²) < 4.78 is 16.1. The molecule has 3 aromatic heterocycles. The third-order valence-corrected chi connectivity index (χ3v) is 6.55. The van der Waals surface area contributed by atoms with Crippen LogP contribution in [0.2, 0.25) is 0 Å². The van der Waals surface area contributed by atoms with Gasteiger partial charge in [0.2, 0.25) is 17.7 Å². The smallest absolute Gasteiger partial charge is 0.335 e. The van der Waals surface area contributed by atoms with Crippen LogP contribution in [0.5, 0.6) is 0 Å². The molecule has 0 saturated carbocycles. The number of nitrogens with zero attached hydrogens (tertiary/aromatic N) is 3. The lowest BCUT2D eigenvalue weighted by molar-refractivity contribution is 0.0697. The predicted molar refractivity (Wildman–Crippen MR) is 166 cm³/mol. The first-order valence-corrected chi connectivity index (χ1v) is 14.3. The second-order valence-corrected chi connectivity index (χ2v) is 9.97. The Morgan fingerprint density at radius 3 is 1.49 bits per heavy atom. The van der Waals surface area contributed by atoms with E-state index in [1.165, 1.54) is 17.7 Å². The number of aromatic carboxylic acids is 1. The Balaban J connectivity index is 0.000000148. The zero-order valence-corrected chi connectivity index (χ0v) is 25.4. The Kier molecular flexibility index (Phi) is 10.8. The number of carboxylic acid groups (broad SMARTS) is 1. The second kappa shape index (κ2) is 14.9. The van der Waals surface area contributed by atoms with E-state index in [-0.39, 0.29) is 12.2 Å². The number of carbonyl (C=O) groups is 1. The SMILES string of the molecule is Cc1cnc(-c2cccc(C(=O)O)c2)o1.Cc1cnc(-c2cccc(CBr)c2)o1.Cc1cnc(-c2cccc(CO)c2)o1. The number of rotatable bonds is 6. The van der Waals surface area contributed by atoms with E-state index in [2.05, 4.69) is 43.0 Å². The van der Waals surface area contributed by atoms with Crippen molar-refractivity contribution < 1.29 is 28.3 Å². The maximum absolute atomic E-state index is 10.7. The summed E-state index contributed by atoms with van der Waals surface area (Å²) in [5, 5.41) is 18.6. The number of oxazole rings is 3. The monoisotopic (exact) mass is 643 g/mol. The summed E-state index contributed by atoms with van der Waals surface area (Å²) in [6, 6.07) is 22.1. The molecule has 0 aliphatic heterocycles. The average Bonchev–Trinajstić information content (AvgIpc) is 3.79. The molecule has 0 spiro atoms. The highest BCUT2D eigenvalue weighted by molar-refractivity contribution is 9.08. The highest BCUT2D eigenvalue weighted by Crippen LogP contribution is 2.22. The van der Waals surface area contributed by atoms with E-state index in [0.717, 1.165) is 33.5 Å². The van der Waals surface area contributed by atoms with Gasteiger partial charge in [-0.25, -0.2) is 19.7 Å². The lowest BCUT2D eigenvalue weighted by Crippen LogP contribution is -1.95. The fourth-order valence-electron chi connectivity index (χ4n) is 3.84. The van der Waals surface area contributed by atoms with Crippen LogP contribution >= 0.6 is 15.9 Å². The van der Waals surface area contributed by atoms with Crippen LogP contribution in [0.15, 0.2) is 105 Å². The molecule has 0 amide bonds. The number of aryl methyl sites for hydroxylation is 3. The summed E-state index contributed by atoms with van der Waals surface area (Å²) in [6.45, 7) is 5.57. The fourth-order valence-corrected chi connectivity index (χ4v) is 4.19. The van der Waals surface area contributed by atoms with Crippen LogP contribution in [0, 0.1) is 20.8 Å². The van der Waals surface area contributed by atoms with Crippen molar-refractivity contribution in [2.45, 2.75) is 32.7 Å². The molecule has 2 N–H and O–H groups in total. The standard InChI is InChI=1S/C11H10BrNO.C11H9NO3.C11H11NO2/c1-8-7-13-11(14-8)10-4-2-3-9(5-10)6-12;1-7-6-12-10(15-7)8-3-2-4-9(5-8)11(13)14;1-8-6-12-11(14-8)10-4-2-3-9(5-10)7-13/h2-5,7H,6H2,1H3;2-6H,1H3,(H,13,14);2-6,13H,7H2,1H3. The predicted octanol–water partition coefficient (Wildman–Crippen LogP) is 8.04. The third-order valence-electron chi connectivity index (χ3n) is 5.91. The van der Waals surface area contributed by atoms with E-state index < -0.39 is 5.97 Å². The molecule has 43 heavy (non-hydrogen) atoms. The molecule has 0 atom stereocenters. The van der Waals surface area contributed by atoms with Crippen molar-refractivity contribution in [1.29, 1.82) is 0 Å². The van der Waals surface area contributed by atoms with Crippen LogP contribution in [0.4, 0.5) is 0 Å². The maximum Gasteiger partial charge on any atom is 0.335 e. The maximum atomic E-state index is 10.7. The van der Waals surface area contributed by atoms with Crippen molar-refractivity contribution in [2.75, 3.05) is 0 Å². The highest BCUT2D eigenvalue weighted by atomic mass is 79.9. The first kappa shape index (κ1) is 31.1. The Morgan fingerprint density at radius 1 is 0.674 bits per heavy atom. The first-order valence-electron chi connectivity index (χ1n) is 13.2. The quantitative estimate of drug-likeness (QED) is 0.173. The molecule has 0 saturated heterocycles. The lowest BCUT2D eigenvalue weighted by atomic mass is 10.1. The van der Waals surface area contributed by atoms with Gasteiger partial charge in [0.1, 0.15) is 17.3 Å². The Morgan fingerprint density at radius 2 is 1.09 bits per heavy atom. The molecule has 3 heterocycles. The normalized spacial score (nSPS) is 10.3. The van der Waals surface area contributed by atoms with Gasteiger partial charge >= 0.3 is 5.97 Å². The minimum atomic E-state index is -0.958. The zero-order chi connectivity index (χ0) is 30.8. The average molecular weight is 645 g/mol. The molecule has 6 rings (SSSR count). The number of alkyl halides is 1. The molecule has 0 bridgehead atoms. The van der Waals surface area contributed by atoms with Gasteiger partial charge in [-0.05, 0) is 74.4 Å². The molecular formula is C33H30BrN3O6. The van der Waals surface area contributed by atoms with Gasteiger partial charge in [-0.3, -0.25) is 0 Å². The van der Waals surface area contributed by atoms with Crippen LogP contribution in [-0.4, -0.2) is 31.1 Å². The van der Waals surface area contributed by atoms with Gasteiger partial charge in [0.05, 0.1) is 30.8 Å². The minimum absolute atomic E-state index is 0.0352. The van der Waals surface area contributed by atoms with Gasteiger partial charge in [0.25, 0.3) is 0 Å². The van der Waals surface area contributed by atoms with Gasteiger partial charge in [0.15, 0.2) is 0 Å². The van der Waals surface area contributed by atoms with Gasteiger partial charge in [-0.1, -0.05) is 46.3 Å². The van der Waals surface area contributed by atoms with Crippen molar-refractivity contribution >= 4 is 21.9 Å². The van der Waals surface area contributed by atoms with E-state index in [0.29, 0.717) is 29.0 Å². The number of benzene rings is 3. The number of hydrogen-bond donors (Lipinski definition) is 2. The Labute approximate surface area is 257 Å². The number of carboxylic acids is 1. The number of aromatic nitrogens is 3. The summed E-state index contributed by atoms with van der Waals surface area (Å²) in [7, 11) is 0. The van der Waals surface area contributed by atoms with E-state index >= 15 is 0 Å². The van der Waals surface area contributed by atoms with Crippen LogP contribution in [-0.2, 0) is 11.9 Å². The number of halogens is 1. The molecule has 0 unspecified atom stereocenters. The summed E-state index contributed by atoms with van der Waals surface area (Å²) >= 11 is 3.42. The van der Waals surface area contributed by atoms with E-state index in [9.17, 15) is 4.79 Å². The van der Waals surface area contributed by atoms with Crippen LogP contribution in [0.25, 0.3) is 34.4 Å². The summed E-state index contributed by atoms with van der Waals surface area (Å²) in [5.74, 6) is 3.09. The van der Waals surface area contributed by atoms with Crippen molar-refractivity contribution in [3.05, 3.63) is 125 Å². The van der Waals surface area contributed by atoms with E-state index in [4.69, 9.17) is 23.5 Å². The molecule has 220 valence electrons. The number of aliphatic hydroxyl groups excluding tert-OH is 1. The van der Waals surface area contributed by atoms with Crippen molar-refractivity contribution in [1.82, 2.24) is 15.0 Å². The van der Waals surface area contributed by atoms with Gasteiger partial charge in [-0.15, -0.1) is 0 Å². The molecule has 10 heteroatoms. The highest BCUT2D eigenvalue weighted by Gasteiger charge is 2.08. The van der Waals surface area contributed by atoms with Crippen LogP contribution in [0.3, 0.4) is 0 Å². The third kappa shape index (κ3) is 8.84. The minimum Gasteiger partial charge on any atom is -0.478 e. The van der Waals surface area contributed by atoms with E-state index in [1.54, 1.807) is 37.6 Å². The van der Waals surface area contributed by atoms with Crippen molar-refractivity contribution in [3.8, 4) is 34.4 Å². The molecule has 6 aromatic rings. The molecule has 3 aromatic carbocycles. The molecule has 0 fully saturated rings. The van der Waals surface area contributed by atoms with Gasteiger partial charge < -0.3 is 23.5 Å². The van der Waals surface area contributed by atoms with Gasteiger partial charge in [-0.2, -0.15) is 0 Å². The molecule has 9 nitrogen and oxygen atoms in total. The Bertz CT molecular complexity index is 1700. The second-order valence-electron chi connectivity index (χ2n) is 9.41. The summed E-state index contributed by atoms with van der Waals surface area (Å²) in [5.41, 5.74) is 4.89. The lowest BCUT2D eigenvalue weighted by Gasteiger charge is -1.98. The first-order chi connectivity index (χ1) is 20.7. The fraction of sp³-hybridized carbons (Fsp3) is 0.152. The molecular weight excluding hydrogens is 614 g/mol. The van der Waals surface area contributed by atoms with Crippen molar-refractivity contribution in [3.63, 3.8) is 0 Å². The Hall–Kier alpha value is -4.80. The molecule has 0 aliphatic carbocycles. The van der Waals surface area contributed by atoms with Crippen LogP contribution < -0.4 is 0 Å². The van der Waals surface area contributed by atoms with Crippen LogP contribution in [0.1, 0.15) is 38.8 Å². The zero-order valence-electron chi connectivity index (χ0n) is 23.8. The topological polar surface area (TPSA) is 136 Å². The largest absolute Gasteiger partial charge is 0.478 e. The molecule has 0 radical (unpaired) electrons. The number of hydrogen-bond acceptors (Lipinski definition) is 8. The van der Waals surface area contributed by atoms with Gasteiger partial charge in [0, 0.05) is 22.0 Å². The summed E-state index contributed by atoms with van der Waals surface area (Å²) in [4.78, 5) is 23.1. The van der Waals surface area contributed by atoms with Crippen molar-refractivity contribution in [2.24, 2.45) is 0 Å². The number of aliphatic hydroxyl groups is 1.